The molecule has 164 valence electrons. The van der Waals surface area contributed by atoms with E-state index >= 15 is 0 Å². The van der Waals surface area contributed by atoms with E-state index in [4.69, 9.17) is 14.3 Å². The molecule has 3 aromatic heterocycles. The van der Waals surface area contributed by atoms with Gasteiger partial charge in [0, 0.05) is 34.4 Å². The van der Waals surface area contributed by atoms with Crippen molar-refractivity contribution in [1.82, 2.24) is 19.7 Å². The molecule has 4 heterocycles. The van der Waals surface area contributed by atoms with Crippen LogP contribution in [0.1, 0.15) is 12.5 Å². The molecule has 2 atom stereocenters. The smallest absolute Gasteiger partial charge is 0.230 e. The van der Waals surface area contributed by atoms with Gasteiger partial charge in [-0.05, 0) is 36.8 Å². The second kappa shape index (κ2) is 8.04. The zero-order valence-electron chi connectivity index (χ0n) is 17.6. The molecule has 33 heavy (non-hydrogen) atoms. The fourth-order valence-electron chi connectivity index (χ4n) is 4.27. The molecule has 1 saturated heterocycles. The van der Waals surface area contributed by atoms with Crippen LogP contribution < -0.4 is 0 Å². The molecule has 1 aliphatic rings. The van der Waals surface area contributed by atoms with Crippen LogP contribution in [-0.4, -0.2) is 31.3 Å². The summed E-state index contributed by atoms with van der Waals surface area (Å²) in [7, 11) is -0.334. The third-order valence-corrected chi connectivity index (χ3v) is 7.47. The monoisotopic (exact) mass is 457 g/mol. The van der Waals surface area contributed by atoms with Crippen molar-refractivity contribution >= 4 is 21.8 Å². The molecule has 1 N–H and O–H groups in total. The molecule has 6 nitrogen and oxygen atoms in total. The van der Waals surface area contributed by atoms with Crippen molar-refractivity contribution in [2.45, 2.75) is 12.5 Å². The SMILES string of the molecule is N=S1CCC(n2cc(-c3ncnc4oc(-c5ccccc5)cc34)c(-c3ccc(F)cc3)n2)C1. The van der Waals surface area contributed by atoms with Crippen molar-refractivity contribution in [3.05, 3.63) is 79.0 Å². The Labute approximate surface area is 192 Å². The summed E-state index contributed by atoms with van der Waals surface area (Å²) < 4.78 is 29.7. The molecule has 6 rings (SSSR count). The van der Waals surface area contributed by atoms with Crippen molar-refractivity contribution in [2.24, 2.45) is 0 Å². The summed E-state index contributed by atoms with van der Waals surface area (Å²) in [4.78, 5) is 8.95. The Bertz CT molecular complexity index is 1480. The molecule has 0 bridgehead atoms. The summed E-state index contributed by atoms with van der Waals surface area (Å²) in [6, 6.07) is 18.4. The van der Waals surface area contributed by atoms with Gasteiger partial charge in [-0.3, -0.25) is 9.46 Å². The lowest BCUT2D eigenvalue weighted by molar-refractivity contribution is 0.503. The van der Waals surface area contributed by atoms with E-state index in [0.717, 1.165) is 57.2 Å². The Kier molecular flexibility index (Phi) is 4.87. The lowest BCUT2D eigenvalue weighted by Gasteiger charge is -2.08. The van der Waals surface area contributed by atoms with Crippen molar-refractivity contribution in [1.29, 1.82) is 4.78 Å². The Balaban J connectivity index is 1.53. The molecule has 8 heteroatoms. The number of hydrogen-bond donors (Lipinski definition) is 1. The van der Waals surface area contributed by atoms with Gasteiger partial charge in [0.15, 0.2) is 0 Å². The largest absolute Gasteiger partial charge is 0.438 e. The number of hydrogen-bond acceptors (Lipinski definition) is 5. The average molecular weight is 458 g/mol. The van der Waals surface area contributed by atoms with Crippen LogP contribution in [0.25, 0.3) is 44.9 Å². The molecule has 1 fully saturated rings. The third kappa shape index (κ3) is 3.66. The van der Waals surface area contributed by atoms with E-state index in [0.29, 0.717) is 5.71 Å². The number of rotatable bonds is 4. The van der Waals surface area contributed by atoms with E-state index in [1.54, 1.807) is 12.1 Å². The van der Waals surface area contributed by atoms with Crippen LogP contribution in [0.4, 0.5) is 4.39 Å². The Morgan fingerprint density at radius 1 is 1.00 bits per heavy atom. The van der Waals surface area contributed by atoms with E-state index < -0.39 is 0 Å². The second-order valence-corrected chi connectivity index (χ2v) is 9.83. The van der Waals surface area contributed by atoms with Gasteiger partial charge in [0.05, 0.1) is 17.1 Å². The Morgan fingerprint density at radius 2 is 1.82 bits per heavy atom. The third-order valence-electron chi connectivity index (χ3n) is 5.96. The van der Waals surface area contributed by atoms with E-state index in [2.05, 4.69) is 9.97 Å². The molecule has 2 aromatic carbocycles. The quantitative estimate of drug-likeness (QED) is 0.365. The lowest BCUT2D eigenvalue weighted by atomic mass is 10.0. The summed E-state index contributed by atoms with van der Waals surface area (Å²) in [5.74, 6) is 2.12. The van der Waals surface area contributed by atoms with Gasteiger partial charge in [-0.1, -0.05) is 30.3 Å². The van der Waals surface area contributed by atoms with Gasteiger partial charge < -0.3 is 4.42 Å². The first-order valence-corrected chi connectivity index (χ1v) is 12.3. The van der Waals surface area contributed by atoms with E-state index in [1.807, 2.05) is 47.3 Å². The Hall–Kier alpha value is -3.65. The van der Waals surface area contributed by atoms with Gasteiger partial charge in [-0.25, -0.2) is 14.4 Å². The van der Waals surface area contributed by atoms with Crippen LogP contribution in [-0.2, 0) is 10.7 Å². The highest BCUT2D eigenvalue weighted by molar-refractivity contribution is 7.86. The number of nitrogens with one attached hydrogen (secondary N) is 1. The lowest BCUT2D eigenvalue weighted by Crippen LogP contribution is -2.09. The first-order chi connectivity index (χ1) is 16.2. The van der Waals surface area contributed by atoms with Crippen LogP contribution in [0, 0.1) is 10.6 Å². The summed E-state index contributed by atoms with van der Waals surface area (Å²) in [6.07, 6.45) is 4.43. The summed E-state index contributed by atoms with van der Waals surface area (Å²) in [6.45, 7) is 0. The molecular weight excluding hydrogens is 437 g/mol. The van der Waals surface area contributed by atoms with Crippen molar-refractivity contribution in [2.75, 3.05) is 11.5 Å². The molecule has 0 saturated carbocycles. The van der Waals surface area contributed by atoms with E-state index in [-0.39, 0.29) is 22.6 Å². The van der Waals surface area contributed by atoms with Crippen LogP contribution in [0.5, 0.6) is 0 Å². The summed E-state index contributed by atoms with van der Waals surface area (Å²) >= 11 is 0. The fraction of sp³-hybridized carbons (Fsp3) is 0.160. The Morgan fingerprint density at radius 3 is 2.58 bits per heavy atom. The highest BCUT2D eigenvalue weighted by Gasteiger charge is 2.25. The molecule has 5 aromatic rings. The van der Waals surface area contributed by atoms with Crippen molar-refractivity contribution < 1.29 is 8.81 Å². The highest BCUT2D eigenvalue weighted by atomic mass is 32.2. The predicted molar refractivity (Wildman–Crippen MR) is 127 cm³/mol. The van der Waals surface area contributed by atoms with Crippen LogP contribution in [0.2, 0.25) is 0 Å². The molecule has 0 spiro atoms. The zero-order chi connectivity index (χ0) is 22.4. The molecule has 0 amide bonds. The van der Waals surface area contributed by atoms with E-state index in [9.17, 15) is 4.39 Å². The molecule has 0 aliphatic carbocycles. The number of benzene rings is 2. The van der Waals surface area contributed by atoms with Gasteiger partial charge >= 0.3 is 0 Å². The zero-order valence-corrected chi connectivity index (χ0v) is 18.4. The van der Waals surface area contributed by atoms with Crippen LogP contribution in [0.3, 0.4) is 0 Å². The number of aromatic nitrogens is 4. The average Bonchev–Trinajstić information content (AvgIpc) is 3.58. The minimum Gasteiger partial charge on any atom is -0.438 e. The minimum atomic E-state index is -0.334. The van der Waals surface area contributed by atoms with Crippen LogP contribution in [0.15, 0.2) is 77.6 Å². The first-order valence-electron chi connectivity index (χ1n) is 10.7. The van der Waals surface area contributed by atoms with Crippen LogP contribution >= 0.6 is 0 Å². The van der Waals surface area contributed by atoms with Gasteiger partial charge in [0.2, 0.25) is 5.71 Å². The van der Waals surface area contributed by atoms with Crippen molar-refractivity contribution in [3.63, 3.8) is 0 Å². The maximum Gasteiger partial charge on any atom is 0.230 e. The number of fused-ring (bicyclic) bond motifs is 1. The summed E-state index contributed by atoms with van der Waals surface area (Å²) in [5.41, 5.74) is 4.57. The van der Waals surface area contributed by atoms with Gasteiger partial charge in [0.25, 0.3) is 0 Å². The number of nitrogens with zero attached hydrogens (tertiary/aromatic N) is 4. The molecular formula is C25H20FN5OS. The first kappa shape index (κ1) is 20.0. The maximum atomic E-state index is 13.6. The minimum absolute atomic E-state index is 0.181. The van der Waals surface area contributed by atoms with Gasteiger partial charge in [0.1, 0.15) is 23.6 Å². The summed E-state index contributed by atoms with van der Waals surface area (Å²) in [5, 5.41) is 5.70. The fourth-order valence-corrected chi connectivity index (χ4v) is 5.78. The van der Waals surface area contributed by atoms with Gasteiger partial charge in [-0.2, -0.15) is 5.10 Å². The maximum absolute atomic E-state index is 13.6. The van der Waals surface area contributed by atoms with Gasteiger partial charge in [-0.15, -0.1) is 10.7 Å². The second-order valence-electron chi connectivity index (χ2n) is 8.10. The topological polar surface area (TPSA) is 80.6 Å². The molecule has 0 radical (unpaired) electrons. The number of halogens is 1. The highest BCUT2D eigenvalue weighted by Crippen LogP contribution is 2.38. The standard InChI is InChI=1S/C25H20FN5OS/c26-18-8-6-17(7-9-18)23-21(13-31(30-23)19-10-11-33(27)14-19)24-20-12-22(16-4-2-1-3-5-16)32-25(20)29-15-28-24/h1-9,12-13,15,19,27H,10-11,14H2. The number of furan rings is 1. The molecule has 1 aliphatic heterocycles. The van der Waals surface area contributed by atoms with Crippen molar-refractivity contribution in [3.8, 4) is 33.8 Å². The normalized spacial score (nSPS) is 18.2. The van der Waals surface area contributed by atoms with E-state index in [1.165, 1.54) is 18.5 Å². The predicted octanol–water partition coefficient (Wildman–Crippen LogP) is 5.88. The molecule has 2 unspecified atom stereocenters.